The van der Waals surface area contributed by atoms with Crippen molar-refractivity contribution in [3.05, 3.63) is 48.6 Å². The third-order valence-electron chi connectivity index (χ3n) is 2.44. The Kier molecular flexibility index (Phi) is 6.54. The van der Waals surface area contributed by atoms with Crippen LogP contribution >= 0.6 is 0 Å². The molecule has 0 amide bonds. The fraction of sp³-hybridized carbons (Fsp3) is 0.429. The highest BCUT2D eigenvalue weighted by Gasteiger charge is 2.06. The summed E-state index contributed by atoms with van der Waals surface area (Å²) in [6, 6.07) is 10.1. The quantitative estimate of drug-likeness (QED) is 0.683. The summed E-state index contributed by atoms with van der Waals surface area (Å²) in [7, 11) is 0. The van der Waals surface area contributed by atoms with Gasteiger partial charge in [-0.15, -0.1) is 6.58 Å². The van der Waals surface area contributed by atoms with Crippen LogP contribution in [0.25, 0.3) is 0 Å². The van der Waals surface area contributed by atoms with Crippen LogP contribution in [-0.4, -0.2) is 17.8 Å². The molecule has 16 heavy (non-hydrogen) atoms. The molecule has 0 bridgehead atoms. The zero-order valence-electron chi connectivity index (χ0n) is 9.64. The van der Waals surface area contributed by atoms with Gasteiger partial charge >= 0.3 is 0 Å². The number of aliphatic hydroxyl groups is 1. The van der Waals surface area contributed by atoms with Gasteiger partial charge in [0.15, 0.2) is 0 Å². The van der Waals surface area contributed by atoms with Gasteiger partial charge in [0.25, 0.3) is 0 Å². The molecule has 0 heterocycles. The first kappa shape index (κ1) is 12.9. The lowest BCUT2D eigenvalue weighted by Gasteiger charge is -2.15. The lowest BCUT2D eigenvalue weighted by molar-refractivity contribution is 0.0328. The molecule has 0 saturated carbocycles. The summed E-state index contributed by atoms with van der Waals surface area (Å²) in [4.78, 5) is 0. The maximum Gasteiger partial charge on any atom is 0.0720 e. The van der Waals surface area contributed by atoms with Gasteiger partial charge in [0.1, 0.15) is 0 Å². The molecule has 1 N–H and O–H groups in total. The third-order valence-corrected chi connectivity index (χ3v) is 2.44. The van der Waals surface area contributed by atoms with Crippen molar-refractivity contribution in [3.63, 3.8) is 0 Å². The molecule has 0 aromatic heterocycles. The molecule has 1 aromatic carbocycles. The lowest BCUT2D eigenvalue weighted by atomic mass is 10.1. The Morgan fingerprint density at radius 2 is 2.06 bits per heavy atom. The van der Waals surface area contributed by atoms with E-state index < -0.39 is 0 Å². The number of ether oxygens (including phenoxy) is 1. The highest BCUT2D eigenvalue weighted by molar-refractivity contribution is 5.13. The Labute approximate surface area is 97.6 Å². The van der Waals surface area contributed by atoms with Crippen LogP contribution in [0.1, 0.15) is 24.8 Å². The van der Waals surface area contributed by atoms with Gasteiger partial charge in [0.2, 0.25) is 0 Å². The summed E-state index contributed by atoms with van der Waals surface area (Å²) in [5, 5.41) is 8.79. The van der Waals surface area contributed by atoms with Crippen LogP contribution in [0.4, 0.5) is 0 Å². The van der Waals surface area contributed by atoms with Crippen LogP contribution in [0, 0.1) is 0 Å². The topological polar surface area (TPSA) is 29.5 Å². The predicted molar refractivity (Wildman–Crippen MR) is 66.2 cm³/mol. The van der Waals surface area contributed by atoms with E-state index in [-0.39, 0.29) is 12.7 Å². The van der Waals surface area contributed by atoms with Crippen LogP contribution in [-0.2, 0) is 11.3 Å². The summed E-state index contributed by atoms with van der Waals surface area (Å²) in [6.07, 6.45) is 4.55. The first-order valence-corrected chi connectivity index (χ1v) is 5.74. The van der Waals surface area contributed by atoms with Crippen molar-refractivity contribution >= 4 is 0 Å². The average molecular weight is 220 g/mol. The molecular weight excluding hydrogens is 200 g/mol. The SMILES string of the molecule is C=CC[C@H](CCCO)OCc1ccccc1. The fourth-order valence-electron chi connectivity index (χ4n) is 1.56. The Morgan fingerprint density at radius 3 is 2.69 bits per heavy atom. The number of hydrogen-bond acceptors (Lipinski definition) is 2. The largest absolute Gasteiger partial charge is 0.396 e. The van der Waals surface area contributed by atoms with Crippen molar-refractivity contribution in [3.8, 4) is 0 Å². The van der Waals surface area contributed by atoms with Crippen LogP contribution < -0.4 is 0 Å². The zero-order valence-corrected chi connectivity index (χ0v) is 9.64. The van der Waals surface area contributed by atoms with E-state index in [0.717, 1.165) is 19.3 Å². The number of benzene rings is 1. The van der Waals surface area contributed by atoms with Crippen LogP contribution in [0.3, 0.4) is 0 Å². The van der Waals surface area contributed by atoms with E-state index in [2.05, 4.69) is 18.7 Å². The molecule has 2 nitrogen and oxygen atoms in total. The Bertz CT molecular complexity index is 282. The normalized spacial score (nSPS) is 12.3. The predicted octanol–water partition coefficient (Wildman–Crippen LogP) is 2.92. The minimum absolute atomic E-state index is 0.171. The summed E-state index contributed by atoms with van der Waals surface area (Å²) in [5.41, 5.74) is 1.18. The van der Waals surface area contributed by atoms with Gasteiger partial charge in [0, 0.05) is 6.61 Å². The molecule has 0 spiro atoms. The van der Waals surface area contributed by atoms with Crippen molar-refractivity contribution in [1.29, 1.82) is 0 Å². The Balaban J connectivity index is 2.34. The van der Waals surface area contributed by atoms with E-state index in [1.54, 1.807) is 0 Å². The number of rotatable bonds is 8. The molecule has 1 aromatic rings. The summed E-state index contributed by atoms with van der Waals surface area (Å²) < 4.78 is 5.79. The minimum atomic E-state index is 0.171. The lowest BCUT2D eigenvalue weighted by Crippen LogP contribution is -2.12. The van der Waals surface area contributed by atoms with E-state index in [1.165, 1.54) is 5.56 Å². The van der Waals surface area contributed by atoms with Gasteiger partial charge in [-0.25, -0.2) is 0 Å². The fourth-order valence-corrected chi connectivity index (χ4v) is 1.56. The highest BCUT2D eigenvalue weighted by Crippen LogP contribution is 2.11. The van der Waals surface area contributed by atoms with Gasteiger partial charge in [-0.05, 0) is 24.8 Å². The molecule has 88 valence electrons. The molecule has 0 saturated heterocycles. The molecule has 0 aliphatic carbocycles. The molecule has 1 rings (SSSR count). The van der Waals surface area contributed by atoms with Crippen LogP contribution in [0.2, 0.25) is 0 Å². The van der Waals surface area contributed by atoms with E-state index >= 15 is 0 Å². The highest BCUT2D eigenvalue weighted by atomic mass is 16.5. The van der Waals surface area contributed by atoms with Crippen LogP contribution in [0.15, 0.2) is 43.0 Å². The zero-order chi connectivity index (χ0) is 11.6. The maximum atomic E-state index is 8.79. The third kappa shape index (κ3) is 5.10. The van der Waals surface area contributed by atoms with Gasteiger partial charge < -0.3 is 9.84 Å². The maximum absolute atomic E-state index is 8.79. The second-order valence-electron chi connectivity index (χ2n) is 3.81. The van der Waals surface area contributed by atoms with Gasteiger partial charge in [0.05, 0.1) is 12.7 Å². The second-order valence-corrected chi connectivity index (χ2v) is 3.81. The molecule has 0 aliphatic heterocycles. The standard InChI is InChI=1S/C14H20O2/c1-2-7-14(10-6-11-15)16-12-13-8-4-3-5-9-13/h2-5,8-9,14-15H,1,6-7,10-12H2/t14-/m1/s1. The van der Waals surface area contributed by atoms with E-state index in [0.29, 0.717) is 6.61 Å². The molecular formula is C14H20O2. The minimum Gasteiger partial charge on any atom is -0.396 e. The van der Waals surface area contributed by atoms with Gasteiger partial charge in [-0.3, -0.25) is 0 Å². The summed E-state index contributed by atoms with van der Waals surface area (Å²) in [5.74, 6) is 0. The molecule has 0 unspecified atom stereocenters. The molecule has 0 fully saturated rings. The Morgan fingerprint density at radius 1 is 1.31 bits per heavy atom. The first-order chi connectivity index (χ1) is 7.86. The average Bonchev–Trinajstić information content (AvgIpc) is 2.34. The molecule has 0 aliphatic rings. The summed E-state index contributed by atoms with van der Waals surface area (Å²) >= 11 is 0. The van der Waals surface area contributed by atoms with Gasteiger partial charge in [-0.2, -0.15) is 0 Å². The molecule has 1 atom stereocenters. The smallest absolute Gasteiger partial charge is 0.0720 e. The number of aliphatic hydroxyl groups excluding tert-OH is 1. The number of hydrogen-bond donors (Lipinski definition) is 1. The van der Waals surface area contributed by atoms with Crippen molar-refractivity contribution in [2.45, 2.75) is 32.0 Å². The van der Waals surface area contributed by atoms with Gasteiger partial charge in [-0.1, -0.05) is 36.4 Å². The van der Waals surface area contributed by atoms with E-state index in [4.69, 9.17) is 9.84 Å². The summed E-state index contributed by atoms with van der Waals surface area (Å²) in [6.45, 7) is 4.58. The van der Waals surface area contributed by atoms with Crippen molar-refractivity contribution in [2.24, 2.45) is 0 Å². The first-order valence-electron chi connectivity index (χ1n) is 5.74. The Hall–Kier alpha value is -1.12. The monoisotopic (exact) mass is 220 g/mol. The van der Waals surface area contributed by atoms with E-state index in [1.807, 2.05) is 24.3 Å². The van der Waals surface area contributed by atoms with Crippen molar-refractivity contribution in [2.75, 3.05) is 6.61 Å². The van der Waals surface area contributed by atoms with Crippen LogP contribution in [0.5, 0.6) is 0 Å². The second kappa shape index (κ2) is 8.08. The van der Waals surface area contributed by atoms with Crippen molar-refractivity contribution < 1.29 is 9.84 Å². The van der Waals surface area contributed by atoms with E-state index in [9.17, 15) is 0 Å². The molecule has 2 heteroatoms. The van der Waals surface area contributed by atoms with Crippen molar-refractivity contribution in [1.82, 2.24) is 0 Å². The molecule has 0 radical (unpaired) electrons.